The number of carbonyl (C=O) groups excluding carboxylic acids is 1. The third-order valence-corrected chi connectivity index (χ3v) is 4.02. The van der Waals surface area contributed by atoms with Gasteiger partial charge in [-0.3, -0.25) is 14.2 Å². The third-order valence-electron chi connectivity index (χ3n) is 4.02. The van der Waals surface area contributed by atoms with E-state index in [-0.39, 0.29) is 5.91 Å². The van der Waals surface area contributed by atoms with Crippen LogP contribution in [0.4, 0.5) is 0 Å². The summed E-state index contributed by atoms with van der Waals surface area (Å²) in [5.41, 5.74) is 3.56. The van der Waals surface area contributed by atoms with Crippen LogP contribution in [0.15, 0.2) is 30.6 Å². The van der Waals surface area contributed by atoms with E-state index in [0.29, 0.717) is 18.9 Å². The van der Waals surface area contributed by atoms with Crippen LogP contribution in [0.25, 0.3) is 0 Å². The summed E-state index contributed by atoms with van der Waals surface area (Å²) in [5.74, 6) is -0.163. The molecule has 0 spiro atoms. The van der Waals surface area contributed by atoms with Gasteiger partial charge in [-0.1, -0.05) is 0 Å². The summed E-state index contributed by atoms with van der Waals surface area (Å²) in [4.78, 5) is 12.2. The maximum Gasteiger partial charge on any atom is 0.271 e. The van der Waals surface area contributed by atoms with Gasteiger partial charge in [0.2, 0.25) is 0 Å². The second kappa shape index (κ2) is 7.33. The fourth-order valence-electron chi connectivity index (χ4n) is 2.67. The van der Waals surface area contributed by atoms with Crippen molar-refractivity contribution in [2.24, 2.45) is 0 Å². The van der Waals surface area contributed by atoms with Gasteiger partial charge in [-0.05, 0) is 45.4 Å². The molecular formula is C17H23N7O. The predicted molar refractivity (Wildman–Crippen MR) is 93.2 cm³/mol. The molecule has 132 valence electrons. The van der Waals surface area contributed by atoms with Crippen molar-refractivity contribution in [3.05, 3.63) is 53.4 Å². The number of aromatic nitrogens is 6. The number of nitrogens with zero attached hydrogens (tertiary/aromatic N) is 6. The molecule has 0 saturated heterocycles. The van der Waals surface area contributed by atoms with Crippen molar-refractivity contribution >= 4 is 5.91 Å². The highest BCUT2D eigenvalue weighted by atomic mass is 16.1. The minimum absolute atomic E-state index is 0.163. The molecule has 3 heterocycles. The van der Waals surface area contributed by atoms with Gasteiger partial charge in [0, 0.05) is 36.9 Å². The van der Waals surface area contributed by atoms with Crippen LogP contribution in [0.3, 0.4) is 0 Å². The van der Waals surface area contributed by atoms with E-state index in [4.69, 9.17) is 0 Å². The molecule has 0 radical (unpaired) electrons. The van der Waals surface area contributed by atoms with Gasteiger partial charge in [0.1, 0.15) is 12.4 Å². The summed E-state index contributed by atoms with van der Waals surface area (Å²) in [6, 6.07) is 5.70. The molecule has 1 amide bonds. The number of amides is 1. The van der Waals surface area contributed by atoms with E-state index < -0.39 is 0 Å². The smallest absolute Gasteiger partial charge is 0.271 e. The second-order valence-corrected chi connectivity index (χ2v) is 6.11. The molecule has 25 heavy (non-hydrogen) atoms. The fraction of sp³-hybridized carbons (Fsp3) is 0.412. The number of hydrogen-bond donors (Lipinski definition) is 1. The quantitative estimate of drug-likeness (QED) is 0.661. The second-order valence-electron chi connectivity index (χ2n) is 6.11. The Balaban J connectivity index is 1.49. The number of nitrogens with one attached hydrogen (secondary N) is 1. The number of rotatable bonds is 7. The SMILES string of the molecule is Cc1cc(C)n(Cn2ccc(C(=O)NCCCn3nccc3C)n2)n1. The highest BCUT2D eigenvalue weighted by molar-refractivity contribution is 5.92. The molecule has 0 fully saturated rings. The summed E-state index contributed by atoms with van der Waals surface area (Å²) in [6.45, 7) is 7.83. The Kier molecular flexibility index (Phi) is 4.97. The Morgan fingerprint density at radius 1 is 1.12 bits per heavy atom. The molecule has 0 aromatic carbocycles. The zero-order chi connectivity index (χ0) is 17.8. The number of carbonyl (C=O) groups is 1. The van der Waals surface area contributed by atoms with E-state index in [1.165, 1.54) is 0 Å². The Hall–Kier alpha value is -2.90. The van der Waals surface area contributed by atoms with Crippen molar-refractivity contribution < 1.29 is 4.79 Å². The summed E-state index contributed by atoms with van der Waals surface area (Å²) < 4.78 is 5.49. The number of aryl methyl sites for hydroxylation is 4. The predicted octanol–water partition coefficient (Wildman–Crippen LogP) is 1.53. The van der Waals surface area contributed by atoms with Crippen molar-refractivity contribution in [2.45, 2.75) is 40.4 Å². The number of hydrogen-bond acceptors (Lipinski definition) is 4. The molecule has 3 aromatic rings. The summed E-state index contributed by atoms with van der Waals surface area (Å²) >= 11 is 0. The summed E-state index contributed by atoms with van der Waals surface area (Å²) in [5, 5.41) is 15.8. The van der Waals surface area contributed by atoms with Gasteiger partial charge >= 0.3 is 0 Å². The largest absolute Gasteiger partial charge is 0.351 e. The third kappa shape index (κ3) is 4.14. The normalized spacial score (nSPS) is 11.0. The average molecular weight is 341 g/mol. The van der Waals surface area contributed by atoms with E-state index in [9.17, 15) is 4.79 Å². The molecule has 3 rings (SSSR count). The van der Waals surface area contributed by atoms with Crippen molar-refractivity contribution in [2.75, 3.05) is 6.54 Å². The van der Waals surface area contributed by atoms with Crippen LogP contribution >= 0.6 is 0 Å². The highest BCUT2D eigenvalue weighted by Gasteiger charge is 2.10. The lowest BCUT2D eigenvalue weighted by Crippen LogP contribution is -2.26. The van der Waals surface area contributed by atoms with Gasteiger partial charge in [-0.25, -0.2) is 4.68 Å². The van der Waals surface area contributed by atoms with E-state index in [0.717, 1.165) is 30.0 Å². The van der Waals surface area contributed by atoms with Crippen LogP contribution in [0, 0.1) is 20.8 Å². The molecule has 0 aliphatic carbocycles. The van der Waals surface area contributed by atoms with Gasteiger partial charge in [-0.15, -0.1) is 0 Å². The Bertz CT molecular complexity index is 858. The van der Waals surface area contributed by atoms with Crippen molar-refractivity contribution in [1.29, 1.82) is 0 Å². The van der Waals surface area contributed by atoms with Crippen molar-refractivity contribution in [1.82, 2.24) is 34.7 Å². The summed E-state index contributed by atoms with van der Waals surface area (Å²) in [7, 11) is 0. The Labute approximate surface area is 146 Å². The molecule has 8 nitrogen and oxygen atoms in total. The average Bonchev–Trinajstić information content (AvgIpc) is 3.26. The summed E-state index contributed by atoms with van der Waals surface area (Å²) in [6.07, 6.45) is 4.39. The van der Waals surface area contributed by atoms with Crippen LogP contribution in [0.1, 0.15) is 34.0 Å². The van der Waals surface area contributed by atoms with E-state index >= 15 is 0 Å². The van der Waals surface area contributed by atoms with Crippen LogP contribution in [0.2, 0.25) is 0 Å². The first-order valence-corrected chi connectivity index (χ1v) is 8.34. The lowest BCUT2D eigenvalue weighted by Gasteiger charge is -2.06. The van der Waals surface area contributed by atoms with Crippen LogP contribution in [0.5, 0.6) is 0 Å². The lowest BCUT2D eigenvalue weighted by molar-refractivity contribution is 0.0946. The molecule has 0 saturated carbocycles. The van der Waals surface area contributed by atoms with E-state index in [1.807, 2.05) is 42.3 Å². The highest BCUT2D eigenvalue weighted by Crippen LogP contribution is 2.03. The minimum atomic E-state index is -0.163. The molecule has 0 aliphatic rings. The van der Waals surface area contributed by atoms with Crippen molar-refractivity contribution in [3.8, 4) is 0 Å². The molecule has 0 atom stereocenters. The van der Waals surface area contributed by atoms with Crippen LogP contribution < -0.4 is 5.32 Å². The molecule has 0 aliphatic heterocycles. The van der Waals surface area contributed by atoms with Crippen LogP contribution in [-0.2, 0) is 13.2 Å². The van der Waals surface area contributed by atoms with Gasteiger partial charge < -0.3 is 5.32 Å². The van der Waals surface area contributed by atoms with Gasteiger partial charge in [-0.2, -0.15) is 15.3 Å². The molecular weight excluding hydrogens is 318 g/mol. The fourth-order valence-corrected chi connectivity index (χ4v) is 2.67. The zero-order valence-corrected chi connectivity index (χ0v) is 14.8. The van der Waals surface area contributed by atoms with Gasteiger partial charge in [0.15, 0.2) is 0 Å². The van der Waals surface area contributed by atoms with E-state index in [2.05, 4.69) is 20.6 Å². The van der Waals surface area contributed by atoms with Crippen molar-refractivity contribution in [3.63, 3.8) is 0 Å². The first-order chi connectivity index (χ1) is 12.0. The topological polar surface area (TPSA) is 82.6 Å². The standard InChI is InChI=1S/C17H23N7O/c1-13-11-15(3)24(20-13)12-22-10-6-16(21-22)17(25)18-7-4-9-23-14(2)5-8-19-23/h5-6,8,10-11H,4,7,9,12H2,1-3H3,(H,18,25). The molecule has 3 aromatic heterocycles. The molecule has 0 unspecified atom stereocenters. The lowest BCUT2D eigenvalue weighted by atomic mass is 10.3. The molecule has 0 bridgehead atoms. The molecule has 1 N–H and O–H groups in total. The van der Waals surface area contributed by atoms with E-state index in [1.54, 1.807) is 23.1 Å². The molecule has 8 heteroatoms. The monoisotopic (exact) mass is 341 g/mol. The Morgan fingerprint density at radius 3 is 2.64 bits per heavy atom. The van der Waals surface area contributed by atoms with Gasteiger partial charge in [0.25, 0.3) is 5.91 Å². The maximum atomic E-state index is 12.2. The first kappa shape index (κ1) is 16.9. The first-order valence-electron chi connectivity index (χ1n) is 8.34. The Morgan fingerprint density at radius 2 is 1.96 bits per heavy atom. The maximum absolute atomic E-state index is 12.2. The minimum Gasteiger partial charge on any atom is -0.351 e. The van der Waals surface area contributed by atoms with Gasteiger partial charge in [0.05, 0.1) is 5.69 Å². The van der Waals surface area contributed by atoms with Crippen LogP contribution in [-0.4, -0.2) is 41.8 Å². The zero-order valence-electron chi connectivity index (χ0n) is 14.8.